The van der Waals surface area contributed by atoms with Crippen molar-refractivity contribution in [3.05, 3.63) is 0 Å². The molecular weight excluding hydrogens is 152 g/mol. The summed E-state index contributed by atoms with van der Waals surface area (Å²) in [4.78, 5) is 0. The van der Waals surface area contributed by atoms with Crippen molar-refractivity contribution >= 4 is 27.7 Å². The molecule has 0 N–H and O–H groups in total. The summed E-state index contributed by atoms with van der Waals surface area (Å²) in [5.41, 5.74) is 1.35. The molecule has 2 rings (SSSR count). The molecule has 2 heterocycles. The first-order chi connectivity index (χ1) is 4.88. The molecular formula is C4H4N4OS. The van der Waals surface area contributed by atoms with Gasteiger partial charge in [0.15, 0.2) is 0 Å². The van der Waals surface area contributed by atoms with Gasteiger partial charge in [-0.15, -0.1) is 5.10 Å². The minimum Gasteiger partial charge on any atom is -0.245 e. The van der Waals surface area contributed by atoms with Gasteiger partial charge < -0.3 is 0 Å². The van der Waals surface area contributed by atoms with Gasteiger partial charge in [0.05, 0.1) is 6.54 Å². The number of hydrogen-bond acceptors (Lipinski definition) is 5. The van der Waals surface area contributed by atoms with E-state index in [1.165, 1.54) is 5.55 Å². The van der Waals surface area contributed by atoms with Crippen LogP contribution in [0.25, 0.3) is 0 Å². The van der Waals surface area contributed by atoms with E-state index in [2.05, 4.69) is 15.3 Å². The summed E-state index contributed by atoms with van der Waals surface area (Å²) in [5, 5.41) is 13.1. The summed E-state index contributed by atoms with van der Waals surface area (Å²) in [6, 6.07) is 0. The Morgan fingerprint density at radius 1 is 1.70 bits per heavy atom. The van der Waals surface area contributed by atoms with Crippen molar-refractivity contribution in [2.75, 3.05) is 6.54 Å². The van der Waals surface area contributed by atoms with Crippen molar-refractivity contribution in [2.45, 2.75) is 0 Å². The SMILES string of the molecule is O=S1C=NN2CC=NN=C21. The molecule has 0 aromatic carbocycles. The molecule has 52 valence electrons. The van der Waals surface area contributed by atoms with Crippen LogP contribution in [-0.2, 0) is 10.8 Å². The van der Waals surface area contributed by atoms with Crippen LogP contribution in [-0.4, -0.2) is 32.7 Å². The minimum absolute atomic E-state index is 0.433. The average Bonchev–Trinajstić information content (AvgIpc) is 2.34. The molecule has 0 spiro atoms. The maximum absolute atomic E-state index is 10.9. The number of fused-ring (bicyclic) bond motifs is 1. The molecule has 0 radical (unpaired) electrons. The molecule has 6 heteroatoms. The van der Waals surface area contributed by atoms with Crippen molar-refractivity contribution in [3.8, 4) is 0 Å². The summed E-state index contributed by atoms with van der Waals surface area (Å²) in [7, 11) is -1.17. The monoisotopic (exact) mass is 156 g/mol. The summed E-state index contributed by atoms with van der Waals surface area (Å²) in [6.07, 6.45) is 1.61. The normalized spacial score (nSPS) is 28.6. The second-order valence-electron chi connectivity index (χ2n) is 1.78. The zero-order chi connectivity index (χ0) is 6.97. The van der Waals surface area contributed by atoms with E-state index in [1.54, 1.807) is 11.2 Å². The van der Waals surface area contributed by atoms with E-state index in [0.29, 0.717) is 11.7 Å². The first kappa shape index (κ1) is 5.72. The van der Waals surface area contributed by atoms with Crippen LogP contribution in [0.4, 0.5) is 0 Å². The predicted octanol–water partition coefficient (Wildman–Crippen LogP) is -0.651. The molecule has 1 atom stereocenters. The maximum Gasteiger partial charge on any atom is 0.242 e. The van der Waals surface area contributed by atoms with Gasteiger partial charge in [0.2, 0.25) is 5.17 Å². The molecule has 0 aromatic rings. The van der Waals surface area contributed by atoms with Gasteiger partial charge >= 0.3 is 0 Å². The first-order valence-electron chi connectivity index (χ1n) is 2.69. The van der Waals surface area contributed by atoms with Gasteiger partial charge in [0, 0.05) is 6.21 Å². The van der Waals surface area contributed by atoms with E-state index in [9.17, 15) is 4.21 Å². The van der Waals surface area contributed by atoms with Crippen LogP contribution in [0, 0.1) is 0 Å². The smallest absolute Gasteiger partial charge is 0.242 e. The molecule has 0 fully saturated rings. The Balaban J connectivity index is 2.40. The highest BCUT2D eigenvalue weighted by Gasteiger charge is 2.23. The van der Waals surface area contributed by atoms with Crippen LogP contribution in [0.15, 0.2) is 15.3 Å². The number of rotatable bonds is 0. The van der Waals surface area contributed by atoms with Crippen molar-refractivity contribution in [3.63, 3.8) is 0 Å². The Hall–Kier alpha value is -1.04. The van der Waals surface area contributed by atoms with Crippen LogP contribution in [0.1, 0.15) is 0 Å². The molecule has 10 heavy (non-hydrogen) atoms. The molecule has 0 saturated carbocycles. The molecule has 5 nitrogen and oxygen atoms in total. The maximum atomic E-state index is 10.9. The number of nitrogens with zero attached hydrogens (tertiary/aromatic N) is 4. The fraction of sp³-hybridized carbons (Fsp3) is 0.250. The predicted molar refractivity (Wildman–Crippen MR) is 39.3 cm³/mol. The highest BCUT2D eigenvalue weighted by atomic mass is 32.2. The molecule has 0 aromatic heterocycles. The fourth-order valence-electron chi connectivity index (χ4n) is 0.721. The Bertz CT molecular complexity index is 268. The number of hydrazone groups is 1. The lowest BCUT2D eigenvalue weighted by Crippen LogP contribution is -2.27. The Morgan fingerprint density at radius 3 is 3.40 bits per heavy atom. The van der Waals surface area contributed by atoms with E-state index in [1.807, 2.05) is 0 Å². The van der Waals surface area contributed by atoms with Crippen molar-refractivity contribution < 1.29 is 4.21 Å². The van der Waals surface area contributed by atoms with Gasteiger partial charge in [-0.2, -0.15) is 10.2 Å². The van der Waals surface area contributed by atoms with E-state index < -0.39 is 10.8 Å². The van der Waals surface area contributed by atoms with Gasteiger partial charge in [-0.05, 0) is 0 Å². The molecule has 2 aliphatic rings. The molecule has 0 bridgehead atoms. The topological polar surface area (TPSA) is 57.4 Å². The van der Waals surface area contributed by atoms with E-state index >= 15 is 0 Å². The van der Waals surface area contributed by atoms with Crippen molar-refractivity contribution in [1.29, 1.82) is 0 Å². The standard InChI is InChI=1S/C4H4N4OS/c9-10-3-6-8-2-1-5-7-4(8)10/h1,3H,2H2. The lowest BCUT2D eigenvalue weighted by atomic mass is 10.7. The summed E-state index contributed by atoms with van der Waals surface area (Å²) < 4.78 is 10.9. The Labute approximate surface area is 59.6 Å². The van der Waals surface area contributed by atoms with Gasteiger partial charge in [-0.1, -0.05) is 0 Å². The highest BCUT2D eigenvalue weighted by Crippen LogP contribution is 2.06. The van der Waals surface area contributed by atoms with Gasteiger partial charge in [-0.25, -0.2) is 9.22 Å². The number of hydrogen-bond donors (Lipinski definition) is 0. The van der Waals surface area contributed by atoms with Crippen LogP contribution in [0.2, 0.25) is 0 Å². The van der Waals surface area contributed by atoms with E-state index in [-0.39, 0.29) is 0 Å². The second kappa shape index (κ2) is 1.98. The zero-order valence-electron chi connectivity index (χ0n) is 4.97. The van der Waals surface area contributed by atoms with Crippen LogP contribution < -0.4 is 0 Å². The lowest BCUT2D eigenvalue weighted by molar-refractivity contribution is 0.521. The van der Waals surface area contributed by atoms with Crippen molar-refractivity contribution in [1.82, 2.24) is 5.01 Å². The average molecular weight is 156 g/mol. The molecule has 0 aliphatic carbocycles. The zero-order valence-corrected chi connectivity index (χ0v) is 5.78. The third-order valence-corrected chi connectivity index (χ3v) is 2.10. The first-order valence-corrected chi connectivity index (χ1v) is 3.91. The van der Waals surface area contributed by atoms with Crippen molar-refractivity contribution in [2.24, 2.45) is 15.3 Å². The molecule has 2 aliphatic heterocycles. The second-order valence-corrected chi connectivity index (χ2v) is 2.95. The van der Waals surface area contributed by atoms with Crippen LogP contribution in [0.5, 0.6) is 0 Å². The third-order valence-electron chi connectivity index (χ3n) is 1.16. The summed E-state index contributed by atoms with van der Waals surface area (Å²) in [5.74, 6) is 0. The Kier molecular flexibility index (Phi) is 1.13. The summed E-state index contributed by atoms with van der Waals surface area (Å²) >= 11 is 0. The van der Waals surface area contributed by atoms with Gasteiger partial charge in [0.25, 0.3) is 0 Å². The number of amidine groups is 1. The lowest BCUT2D eigenvalue weighted by Gasteiger charge is -2.11. The van der Waals surface area contributed by atoms with Gasteiger partial charge in [-0.3, -0.25) is 0 Å². The quantitative estimate of drug-likeness (QED) is 0.468. The molecule has 1 unspecified atom stereocenters. The molecule has 0 saturated heterocycles. The molecule has 0 amide bonds. The van der Waals surface area contributed by atoms with E-state index in [0.717, 1.165) is 0 Å². The van der Waals surface area contributed by atoms with Gasteiger partial charge in [0.1, 0.15) is 16.3 Å². The fourth-order valence-corrected chi connectivity index (χ4v) is 1.47. The summed E-state index contributed by atoms with van der Waals surface area (Å²) in [6.45, 7) is 0.571. The van der Waals surface area contributed by atoms with Crippen LogP contribution >= 0.6 is 0 Å². The highest BCUT2D eigenvalue weighted by molar-refractivity contribution is 8.12. The Morgan fingerprint density at radius 2 is 2.60 bits per heavy atom. The van der Waals surface area contributed by atoms with Crippen LogP contribution in [0.3, 0.4) is 0 Å². The van der Waals surface area contributed by atoms with E-state index in [4.69, 9.17) is 0 Å². The largest absolute Gasteiger partial charge is 0.245 e. The minimum atomic E-state index is -1.17. The third kappa shape index (κ3) is 0.688.